The molecule has 0 aromatic rings. The molecule has 0 saturated heterocycles. The lowest BCUT2D eigenvalue weighted by Crippen LogP contribution is -2.46. The third kappa shape index (κ3) is 12.9. The number of rotatable bonds is 6. The average Bonchev–Trinajstić information content (AvgIpc) is 1.92. The summed E-state index contributed by atoms with van der Waals surface area (Å²) in [6.07, 6.45) is -4.34. The zero-order valence-corrected chi connectivity index (χ0v) is 14.3. The van der Waals surface area contributed by atoms with Gasteiger partial charge in [0.15, 0.2) is 16.6 Å². The first-order chi connectivity index (χ1) is 7.29. The van der Waals surface area contributed by atoms with Gasteiger partial charge in [0.05, 0.1) is 0 Å². The minimum Gasteiger partial charge on any atom is -0.499 e. The third-order valence-corrected chi connectivity index (χ3v) is 8.92. The molecular formula is C8H20AlF3O3Si2. The van der Waals surface area contributed by atoms with Crippen LogP contribution in [-0.2, 0) is 10.7 Å². The summed E-state index contributed by atoms with van der Waals surface area (Å²) in [5, 5.41) is 0. The van der Waals surface area contributed by atoms with E-state index < -0.39 is 44.6 Å². The Morgan fingerprint density at radius 1 is 0.882 bits per heavy atom. The van der Waals surface area contributed by atoms with Crippen LogP contribution in [0.1, 0.15) is 0 Å². The van der Waals surface area contributed by atoms with Crippen LogP contribution in [0.3, 0.4) is 0 Å². The van der Waals surface area contributed by atoms with Gasteiger partial charge in [-0.15, -0.1) is 0 Å². The van der Waals surface area contributed by atoms with E-state index in [2.05, 4.69) is 0 Å². The van der Waals surface area contributed by atoms with Gasteiger partial charge in [-0.2, -0.15) is 13.2 Å². The number of halogens is 3. The highest BCUT2D eigenvalue weighted by atomic mass is 28.4. The lowest BCUT2D eigenvalue weighted by molar-refractivity contribution is -0.158. The van der Waals surface area contributed by atoms with Crippen molar-refractivity contribution in [2.45, 2.75) is 45.5 Å². The van der Waals surface area contributed by atoms with Gasteiger partial charge in [0.25, 0.3) is 0 Å². The van der Waals surface area contributed by atoms with Crippen molar-refractivity contribution >= 4 is 31.8 Å². The molecule has 3 nitrogen and oxygen atoms in total. The first-order valence-electron chi connectivity index (χ1n) is 5.32. The Morgan fingerprint density at radius 3 is 1.47 bits per heavy atom. The minimum absolute atomic E-state index is 1.29. The lowest BCUT2D eigenvalue weighted by Gasteiger charge is -2.28. The van der Waals surface area contributed by atoms with Gasteiger partial charge < -0.3 is 10.7 Å². The van der Waals surface area contributed by atoms with Crippen LogP contribution < -0.4 is 0 Å². The summed E-state index contributed by atoms with van der Waals surface area (Å²) < 4.78 is 52.2. The van der Waals surface area contributed by atoms with Crippen LogP contribution >= 0.6 is 0 Å². The van der Waals surface area contributed by atoms with Gasteiger partial charge in [-0.1, -0.05) is 0 Å². The van der Waals surface area contributed by atoms with E-state index in [0.29, 0.717) is 0 Å². The van der Waals surface area contributed by atoms with Crippen molar-refractivity contribution in [1.82, 2.24) is 0 Å². The molecule has 0 N–H and O–H groups in total. The average molecular weight is 304 g/mol. The van der Waals surface area contributed by atoms with Gasteiger partial charge in [0.2, 0.25) is 0 Å². The molecule has 0 unspecified atom stereocenters. The standard InChI is InChI=1S/2C3H9OSi.C2H2F3O.Al/c2*1-5(2,3)4;3-2(4,5)1-6;/h2*1-3H3;1H2;/q3*-1;+3. The van der Waals surface area contributed by atoms with E-state index in [1.165, 1.54) is 0 Å². The Balaban J connectivity index is 4.42. The van der Waals surface area contributed by atoms with Crippen LogP contribution in [0.2, 0.25) is 39.3 Å². The molecule has 0 saturated carbocycles. The van der Waals surface area contributed by atoms with Crippen molar-refractivity contribution < 1.29 is 23.9 Å². The topological polar surface area (TPSA) is 27.7 Å². The highest BCUT2D eigenvalue weighted by Crippen LogP contribution is 2.18. The van der Waals surface area contributed by atoms with Crippen LogP contribution in [0.25, 0.3) is 0 Å². The van der Waals surface area contributed by atoms with Gasteiger partial charge in [-0.25, -0.2) is 0 Å². The molecule has 0 rings (SSSR count). The molecule has 0 amide bonds. The molecule has 102 valence electrons. The molecule has 0 aliphatic rings. The second-order valence-corrected chi connectivity index (χ2v) is 16.9. The number of hydrogen-bond donors (Lipinski definition) is 0. The molecule has 0 aliphatic heterocycles. The molecule has 0 spiro atoms. The zero-order chi connectivity index (χ0) is 13.9. The number of alkyl halides is 3. The predicted molar refractivity (Wildman–Crippen MR) is 66.6 cm³/mol. The van der Waals surface area contributed by atoms with Crippen LogP contribution in [0.15, 0.2) is 0 Å². The Hall–Kier alpha value is 0.636. The van der Waals surface area contributed by atoms with Crippen molar-refractivity contribution in [3.8, 4) is 0 Å². The van der Waals surface area contributed by atoms with Crippen LogP contribution in [0.5, 0.6) is 0 Å². The SMILES string of the molecule is C[Si](C)(C)[O][Al]([O]CC(F)(F)F)[O][Si](C)(C)C. The normalized spacial score (nSPS) is 13.9. The van der Waals surface area contributed by atoms with E-state index in [1.54, 1.807) is 0 Å². The molecule has 0 radical (unpaired) electrons. The maximum Gasteiger partial charge on any atom is 0.883 e. The minimum atomic E-state index is -4.34. The molecule has 0 aliphatic carbocycles. The number of hydrogen-bond acceptors (Lipinski definition) is 3. The van der Waals surface area contributed by atoms with E-state index in [1.807, 2.05) is 39.3 Å². The summed E-state index contributed by atoms with van der Waals surface area (Å²) in [7, 11) is -3.90. The maximum absolute atomic E-state index is 12.1. The monoisotopic (exact) mass is 304 g/mol. The van der Waals surface area contributed by atoms with E-state index >= 15 is 0 Å². The Morgan fingerprint density at radius 2 is 1.24 bits per heavy atom. The van der Waals surface area contributed by atoms with Crippen molar-refractivity contribution in [2.75, 3.05) is 6.61 Å². The Labute approximate surface area is 108 Å². The van der Waals surface area contributed by atoms with E-state index in [4.69, 9.17) is 10.7 Å². The Kier molecular flexibility index (Phi) is 6.42. The molecule has 9 heteroatoms. The summed E-state index contributed by atoms with van der Waals surface area (Å²) in [5.74, 6) is 0. The van der Waals surface area contributed by atoms with Crippen molar-refractivity contribution in [1.29, 1.82) is 0 Å². The molecule has 0 atom stereocenters. The Bertz CT molecular complexity index is 222. The molecule has 0 bridgehead atoms. The zero-order valence-electron chi connectivity index (χ0n) is 11.1. The van der Waals surface area contributed by atoms with Crippen molar-refractivity contribution in [2.24, 2.45) is 0 Å². The predicted octanol–water partition coefficient (Wildman–Crippen LogP) is 3.25. The van der Waals surface area contributed by atoms with Gasteiger partial charge in [-0.05, 0) is 39.3 Å². The van der Waals surface area contributed by atoms with Crippen LogP contribution in [0, 0.1) is 0 Å². The van der Waals surface area contributed by atoms with Crippen molar-refractivity contribution in [3.63, 3.8) is 0 Å². The largest absolute Gasteiger partial charge is 0.883 e. The second kappa shape index (κ2) is 6.19. The van der Waals surface area contributed by atoms with Gasteiger partial charge >= 0.3 is 21.3 Å². The molecule has 0 fully saturated rings. The summed E-state index contributed by atoms with van der Waals surface area (Å²) >= 11 is -2.68. The van der Waals surface area contributed by atoms with Gasteiger partial charge in [0, 0.05) is 0 Å². The fourth-order valence-corrected chi connectivity index (χ4v) is 6.95. The maximum atomic E-state index is 12.1. The van der Waals surface area contributed by atoms with Gasteiger partial charge in [-0.3, -0.25) is 0 Å². The molecule has 17 heavy (non-hydrogen) atoms. The van der Waals surface area contributed by atoms with E-state index in [9.17, 15) is 13.2 Å². The quantitative estimate of drug-likeness (QED) is 0.705. The van der Waals surface area contributed by atoms with Crippen molar-refractivity contribution in [3.05, 3.63) is 0 Å². The summed E-state index contributed by atoms with van der Waals surface area (Å²) in [6.45, 7) is 10.1. The summed E-state index contributed by atoms with van der Waals surface area (Å²) in [5.41, 5.74) is 0. The molecule has 0 heterocycles. The van der Waals surface area contributed by atoms with Crippen LogP contribution in [-0.4, -0.2) is 44.6 Å². The lowest BCUT2D eigenvalue weighted by atomic mass is 10.7. The fourth-order valence-electron chi connectivity index (χ4n) is 0.832. The third-order valence-electron chi connectivity index (χ3n) is 1.28. The fraction of sp³-hybridized carbons (Fsp3) is 1.00. The second-order valence-electron chi connectivity index (χ2n) is 5.68. The van der Waals surface area contributed by atoms with E-state index in [0.717, 1.165) is 0 Å². The highest BCUT2D eigenvalue weighted by molar-refractivity contribution is 6.79. The van der Waals surface area contributed by atoms with E-state index in [-0.39, 0.29) is 0 Å². The summed E-state index contributed by atoms with van der Waals surface area (Å²) in [6, 6.07) is 0. The first kappa shape index (κ1) is 17.6. The summed E-state index contributed by atoms with van der Waals surface area (Å²) in [4.78, 5) is 0. The first-order valence-corrected chi connectivity index (χ1v) is 13.6. The van der Waals surface area contributed by atoms with Gasteiger partial charge in [0.1, 0.15) is 6.61 Å². The smallest absolute Gasteiger partial charge is 0.499 e. The van der Waals surface area contributed by atoms with Crippen LogP contribution in [0.4, 0.5) is 13.2 Å². The highest BCUT2D eigenvalue weighted by Gasteiger charge is 2.42. The molecule has 0 aromatic carbocycles. The molecular weight excluding hydrogens is 284 g/mol. The molecule has 0 aromatic heterocycles.